The average Bonchev–Trinajstić information content (AvgIpc) is 2.87. The molecule has 0 spiro atoms. The van der Waals surface area contributed by atoms with E-state index in [1.54, 1.807) is 11.3 Å². The first kappa shape index (κ1) is 12.1. The fourth-order valence-corrected chi connectivity index (χ4v) is 2.78. The Morgan fingerprint density at radius 2 is 1.88 bits per heavy atom. The van der Waals surface area contributed by atoms with Crippen LogP contribution in [0.5, 0.6) is 0 Å². The minimum absolute atomic E-state index is 0.130. The first-order chi connectivity index (χ1) is 8.22. The van der Waals surface area contributed by atoms with Crippen LogP contribution in [0.15, 0.2) is 42.5 Å². The minimum Gasteiger partial charge on any atom is -0.288 e. The fraction of sp³-hybridized carbons (Fsp3) is 0.267. The number of rotatable bonds is 4. The molecule has 0 saturated heterocycles. The second-order valence-corrected chi connectivity index (χ2v) is 5.32. The van der Waals surface area contributed by atoms with Gasteiger partial charge in [0, 0.05) is 10.4 Å². The fourth-order valence-electron chi connectivity index (χ4n) is 1.67. The number of carbonyl (C=O) groups excluding carboxylic acids is 1. The van der Waals surface area contributed by atoms with Gasteiger partial charge in [-0.15, -0.1) is 11.3 Å². The maximum Gasteiger partial charge on any atom is 0.202 e. The molecule has 0 N–H and O–H groups in total. The van der Waals surface area contributed by atoms with Crippen molar-refractivity contribution in [2.75, 3.05) is 0 Å². The standard InChI is InChI=1S/C15H16OS/c1-3-11(2)13-9-10-14(17-13)15(16)12-7-5-4-6-8-12/h4-11H,3H2,1-2H3. The molecule has 0 bridgehead atoms. The Bertz CT molecular complexity index is 499. The zero-order valence-electron chi connectivity index (χ0n) is 10.1. The van der Waals surface area contributed by atoms with Crippen molar-refractivity contribution in [2.24, 2.45) is 0 Å². The van der Waals surface area contributed by atoms with Crippen LogP contribution < -0.4 is 0 Å². The summed E-state index contributed by atoms with van der Waals surface area (Å²) >= 11 is 1.62. The molecule has 1 nitrogen and oxygen atoms in total. The summed E-state index contributed by atoms with van der Waals surface area (Å²) in [5.41, 5.74) is 0.769. The summed E-state index contributed by atoms with van der Waals surface area (Å²) in [7, 11) is 0. The van der Waals surface area contributed by atoms with Crippen LogP contribution in [0, 0.1) is 0 Å². The summed E-state index contributed by atoms with van der Waals surface area (Å²) in [5.74, 6) is 0.669. The van der Waals surface area contributed by atoms with E-state index in [0.717, 1.165) is 16.9 Å². The van der Waals surface area contributed by atoms with Crippen molar-refractivity contribution < 1.29 is 4.79 Å². The van der Waals surface area contributed by atoms with Gasteiger partial charge >= 0.3 is 0 Å². The van der Waals surface area contributed by atoms with Crippen molar-refractivity contribution in [2.45, 2.75) is 26.2 Å². The molecule has 0 amide bonds. The van der Waals surface area contributed by atoms with Gasteiger partial charge < -0.3 is 0 Å². The number of benzene rings is 1. The number of thiophene rings is 1. The Morgan fingerprint density at radius 1 is 1.18 bits per heavy atom. The van der Waals surface area contributed by atoms with Crippen molar-refractivity contribution >= 4 is 17.1 Å². The highest BCUT2D eigenvalue weighted by atomic mass is 32.1. The lowest BCUT2D eigenvalue weighted by Gasteiger charge is -2.03. The first-order valence-corrected chi connectivity index (χ1v) is 6.73. The van der Waals surface area contributed by atoms with Crippen molar-refractivity contribution in [1.82, 2.24) is 0 Å². The van der Waals surface area contributed by atoms with Gasteiger partial charge in [-0.25, -0.2) is 0 Å². The lowest BCUT2D eigenvalue weighted by Crippen LogP contribution is -1.97. The molecule has 1 aromatic heterocycles. The van der Waals surface area contributed by atoms with Crippen molar-refractivity contribution in [3.63, 3.8) is 0 Å². The number of carbonyl (C=O) groups is 1. The van der Waals surface area contributed by atoms with Gasteiger partial charge in [0.25, 0.3) is 0 Å². The summed E-state index contributed by atoms with van der Waals surface area (Å²) in [5, 5.41) is 0. The predicted molar refractivity (Wildman–Crippen MR) is 72.9 cm³/mol. The number of ketones is 1. The van der Waals surface area contributed by atoms with Crippen LogP contribution in [0.3, 0.4) is 0 Å². The van der Waals surface area contributed by atoms with Crippen LogP contribution in [0.25, 0.3) is 0 Å². The van der Waals surface area contributed by atoms with E-state index in [1.807, 2.05) is 36.4 Å². The Kier molecular flexibility index (Phi) is 3.75. The predicted octanol–water partition coefficient (Wildman–Crippen LogP) is 4.49. The van der Waals surface area contributed by atoms with Gasteiger partial charge in [-0.05, 0) is 24.5 Å². The molecular weight excluding hydrogens is 228 g/mol. The van der Waals surface area contributed by atoms with E-state index in [4.69, 9.17) is 0 Å². The molecule has 1 aromatic carbocycles. The van der Waals surface area contributed by atoms with Gasteiger partial charge in [0.15, 0.2) is 0 Å². The van der Waals surface area contributed by atoms with Crippen LogP contribution in [-0.4, -0.2) is 5.78 Å². The van der Waals surface area contributed by atoms with Crippen LogP contribution in [-0.2, 0) is 0 Å². The summed E-state index contributed by atoms with van der Waals surface area (Å²) in [4.78, 5) is 14.3. The van der Waals surface area contributed by atoms with Crippen molar-refractivity contribution in [3.05, 3.63) is 57.8 Å². The van der Waals surface area contributed by atoms with Gasteiger partial charge in [0.1, 0.15) is 0 Å². The van der Waals surface area contributed by atoms with E-state index in [1.165, 1.54) is 4.88 Å². The van der Waals surface area contributed by atoms with Gasteiger partial charge in [0.05, 0.1) is 4.88 Å². The summed E-state index contributed by atoms with van der Waals surface area (Å²) < 4.78 is 0. The SMILES string of the molecule is CCC(C)c1ccc(C(=O)c2ccccc2)s1. The molecule has 2 rings (SSSR count). The average molecular weight is 244 g/mol. The molecule has 1 unspecified atom stereocenters. The molecule has 17 heavy (non-hydrogen) atoms. The Hall–Kier alpha value is -1.41. The Labute approximate surface area is 106 Å². The Morgan fingerprint density at radius 3 is 2.53 bits per heavy atom. The lowest BCUT2D eigenvalue weighted by atomic mass is 10.1. The molecular formula is C15H16OS. The zero-order valence-corrected chi connectivity index (χ0v) is 11.0. The molecule has 0 saturated carbocycles. The van der Waals surface area contributed by atoms with E-state index < -0.39 is 0 Å². The third-order valence-corrected chi connectivity index (χ3v) is 4.30. The van der Waals surface area contributed by atoms with Crippen LogP contribution in [0.4, 0.5) is 0 Å². The van der Waals surface area contributed by atoms with Crippen molar-refractivity contribution in [3.8, 4) is 0 Å². The highest BCUT2D eigenvalue weighted by Crippen LogP contribution is 2.28. The van der Waals surface area contributed by atoms with Crippen LogP contribution in [0.1, 0.15) is 46.3 Å². The molecule has 2 heteroatoms. The molecule has 0 aliphatic carbocycles. The monoisotopic (exact) mass is 244 g/mol. The van der Waals surface area contributed by atoms with Gasteiger partial charge in [-0.1, -0.05) is 44.2 Å². The summed E-state index contributed by atoms with van der Waals surface area (Å²) in [6, 6.07) is 13.5. The molecule has 0 radical (unpaired) electrons. The normalized spacial score (nSPS) is 12.4. The smallest absolute Gasteiger partial charge is 0.202 e. The molecule has 0 aliphatic heterocycles. The van der Waals surface area contributed by atoms with E-state index in [0.29, 0.717) is 5.92 Å². The highest BCUT2D eigenvalue weighted by molar-refractivity contribution is 7.14. The topological polar surface area (TPSA) is 17.1 Å². The third kappa shape index (κ3) is 2.64. The molecule has 88 valence electrons. The van der Waals surface area contributed by atoms with E-state index in [9.17, 15) is 4.79 Å². The minimum atomic E-state index is 0.130. The molecule has 0 fully saturated rings. The summed E-state index contributed by atoms with van der Waals surface area (Å²) in [6.45, 7) is 4.37. The molecule has 1 heterocycles. The maximum absolute atomic E-state index is 12.2. The quantitative estimate of drug-likeness (QED) is 0.724. The van der Waals surface area contributed by atoms with Crippen LogP contribution in [0.2, 0.25) is 0 Å². The molecule has 0 aliphatic rings. The molecule has 2 aromatic rings. The Balaban J connectivity index is 2.24. The van der Waals surface area contributed by atoms with Crippen molar-refractivity contribution in [1.29, 1.82) is 0 Å². The van der Waals surface area contributed by atoms with Gasteiger partial charge in [-0.3, -0.25) is 4.79 Å². The van der Waals surface area contributed by atoms with Crippen LogP contribution >= 0.6 is 11.3 Å². The highest BCUT2D eigenvalue weighted by Gasteiger charge is 2.13. The van der Waals surface area contributed by atoms with E-state index >= 15 is 0 Å². The van der Waals surface area contributed by atoms with E-state index in [2.05, 4.69) is 19.9 Å². The number of hydrogen-bond donors (Lipinski definition) is 0. The first-order valence-electron chi connectivity index (χ1n) is 5.92. The third-order valence-electron chi connectivity index (χ3n) is 2.98. The maximum atomic E-state index is 12.2. The largest absolute Gasteiger partial charge is 0.288 e. The van der Waals surface area contributed by atoms with E-state index in [-0.39, 0.29) is 5.78 Å². The lowest BCUT2D eigenvalue weighted by molar-refractivity contribution is 0.104. The molecule has 1 atom stereocenters. The second-order valence-electron chi connectivity index (χ2n) is 4.21. The second kappa shape index (κ2) is 5.28. The summed E-state index contributed by atoms with van der Waals surface area (Å²) in [6.07, 6.45) is 1.11. The van der Waals surface area contributed by atoms with Gasteiger partial charge in [0.2, 0.25) is 5.78 Å². The zero-order chi connectivity index (χ0) is 12.3. The number of hydrogen-bond acceptors (Lipinski definition) is 2. The van der Waals surface area contributed by atoms with Gasteiger partial charge in [-0.2, -0.15) is 0 Å².